The average Bonchev–Trinajstić information content (AvgIpc) is 2.63. The lowest BCUT2D eigenvalue weighted by Gasteiger charge is -2.23. The van der Waals surface area contributed by atoms with Crippen LogP contribution in [0.15, 0.2) is 0 Å². The Hall–Kier alpha value is -0.130. The zero-order chi connectivity index (χ0) is 21.1. The molecular weight excluding hydrogens is 372 g/mol. The van der Waals surface area contributed by atoms with Crippen molar-refractivity contribution in [2.24, 2.45) is 0 Å². The summed E-state index contributed by atoms with van der Waals surface area (Å²) in [7, 11) is -2.72. The van der Waals surface area contributed by atoms with Gasteiger partial charge in [-0.1, -0.05) is 116 Å². The predicted molar refractivity (Wildman–Crippen MR) is 120 cm³/mol. The first-order valence-electron chi connectivity index (χ1n) is 11.8. The highest BCUT2D eigenvalue weighted by atomic mass is 32.3. The molecule has 0 N–H and O–H groups in total. The molecule has 0 aromatic rings. The van der Waals surface area contributed by atoms with Crippen LogP contribution in [0.1, 0.15) is 136 Å². The van der Waals surface area contributed by atoms with Crippen molar-refractivity contribution in [2.75, 3.05) is 7.11 Å². The van der Waals surface area contributed by atoms with E-state index in [9.17, 15) is 8.42 Å². The van der Waals surface area contributed by atoms with Gasteiger partial charge in [-0.3, -0.25) is 4.18 Å². The normalized spacial score (nSPS) is 12.6. The summed E-state index contributed by atoms with van der Waals surface area (Å²) in [6.07, 6.45) is 23.6. The third-order valence-corrected chi connectivity index (χ3v) is 6.48. The Bertz CT molecular complexity index is 432. The van der Waals surface area contributed by atoms with Crippen molar-refractivity contribution in [1.29, 1.82) is 0 Å². The van der Waals surface area contributed by atoms with Gasteiger partial charge in [0.05, 0.1) is 12.7 Å². The van der Waals surface area contributed by atoms with E-state index >= 15 is 0 Å². The summed E-state index contributed by atoms with van der Waals surface area (Å²) in [5.41, 5.74) is -0.690. The summed E-state index contributed by atoms with van der Waals surface area (Å²) in [5.74, 6) is 0. The van der Waals surface area contributed by atoms with Crippen molar-refractivity contribution in [3.63, 3.8) is 0 Å². The Morgan fingerprint density at radius 1 is 0.607 bits per heavy atom. The fourth-order valence-corrected chi connectivity index (χ4v) is 4.33. The van der Waals surface area contributed by atoms with Crippen LogP contribution in [0.5, 0.6) is 0 Å². The van der Waals surface area contributed by atoms with Crippen molar-refractivity contribution < 1.29 is 16.8 Å². The van der Waals surface area contributed by atoms with Gasteiger partial charge in [0.2, 0.25) is 0 Å². The van der Waals surface area contributed by atoms with Gasteiger partial charge in [0, 0.05) is 0 Å². The van der Waals surface area contributed by atoms with Gasteiger partial charge in [-0.05, 0) is 20.3 Å². The molecule has 0 atom stereocenters. The number of rotatable bonds is 21. The Labute approximate surface area is 176 Å². The van der Waals surface area contributed by atoms with Crippen LogP contribution in [-0.2, 0) is 18.8 Å². The molecule has 0 aromatic heterocycles. The molecule has 0 saturated carbocycles. The Balaban J connectivity index is 3.32. The summed E-state index contributed by atoms with van der Waals surface area (Å²) in [5, 5.41) is 0. The Morgan fingerprint density at radius 3 is 1.25 bits per heavy atom. The molecule has 0 saturated heterocycles. The zero-order valence-electron chi connectivity index (χ0n) is 19.3. The lowest BCUT2D eigenvalue weighted by molar-refractivity contribution is 0.0820. The molecule has 5 heteroatoms. The van der Waals surface area contributed by atoms with Crippen LogP contribution in [0.3, 0.4) is 0 Å². The highest BCUT2D eigenvalue weighted by Crippen LogP contribution is 2.22. The first-order chi connectivity index (χ1) is 13.3. The van der Waals surface area contributed by atoms with E-state index in [-0.39, 0.29) is 0 Å². The van der Waals surface area contributed by atoms with E-state index in [4.69, 9.17) is 4.18 Å². The predicted octanol–water partition coefficient (Wildman–Crippen LogP) is 7.71. The molecule has 0 aliphatic carbocycles. The van der Waals surface area contributed by atoms with E-state index in [0.29, 0.717) is 0 Å². The Morgan fingerprint density at radius 2 is 0.929 bits per heavy atom. The second-order valence-corrected chi connectivity index (χ2v) is 10.1. The van der Waals surface area contributed by atoms with Crippen LogP contribution in [-0.4, -0.2) is 21.1 Å². The molecular formula is C23H48O4S. The van der Waals surface area contributed by atoms with Gasteiger partial charge in [-0.2, -0.15) is 8.42 Å². The van der Waals surface area contributed by atoms with Gasteiger partial charge in [0.15, 0.2) is 0 Å². The summed E-state index contributed by atoms with van der Waals surface area (Å²) < 4.78 is 32.1. The first kappa shape index (κ1) is 27.9. The highest BCUT2D eigenvalue weighted by Gasteiger charge is 2.26. The molecule has 0 spiro atoms. The summed E-state index contributed by atoms with van der Waals surface area (Å²) in [6, 6.07) is 0. The van der Waals surface area contributed by atoms with Crippen molar-refractivity contribution in [2.45, 2.75) is 142 Å². The van der Waals surface area contributed by atoms with Crippen molar-refractivity contribution in [1.82, 2.24) is 0 Å². The van der Waals surface area contributed by atoms with E-state index in [1.807, 2.05) is 0 Å². The summed E-state index contributed by atoms with van der Waals surface area (Å²) in [4.78, 5) is 0. The second kappa shape index (κ2) is 17.7. The van der Waals surface area contributed by atoms with Crippen LogP contribution in [0.4, 0.5) is 0 Å². The van der Waals surface area contributed by atoms with Crippen LogP contribution >= 0.6 is 0 Å². The largest absolute Gasteiger partial charge is 0.400 e. The smallest absolute Gasteiger partial charge is 0.252 e. The minimum absolute atomic E-state index is 0.690. The molecule has 0 bridgehead atoms. The maximum Gasteiger partial charge on any atom is 0.400 e. The Kier molecular flexibility index (Phi) is 17.6. The number of hydrogen-bond acceptors (Lipinski definition) is 4. The molecule has 0 aromatic carbocycles. The molecule has 0 unspecified atom stereocenters. The molecule has 0 heterocycles. The molecule has 0 aliphatic rings. The highest BCUT2D eigenvalue weighted by molar-refractivity contribution is 7.81. The molecule has 0 radical (unpaired) electrons. The summed E-state index contributed by atoms with van der Waals surface area (Å²) in [6.45, 7) is 5.88. The third-order valence-electron chi connectivity index (χ3n) is 5.41. The van der Waals surface area contributed by atoms with Gasteiger partial charge in [0.25, 0.3) is 0 Å². The summed E-state index contributed by atoms with van der Waals surface area (Å²) >= 11 is 0. The van der Waals surface area contributed by atoms with E-state index in [0.717, 1.165) is 26.4 Å². The van der Waals surface area contributed by atoms with E-state index in [2.05, 4.69) is 11.1 Å². The van der Waals surface area contributed by atoms with Gasteiger partial charge in [-0.15, -0.1) is 0 Å². The third kappa shape index (κ3) is 19.2. The van der Waals surface area contributed by atoms with Crippen LogP contribution in [0.2, 0.25) is 0 Å². The quantitative estimate of drug-likeness (QED) is 0.178. The fourth-order valence-electron chi connectivity index (χ4n) is 3.63. The lowest BCUT2D eigenvalue weighted by atomic mass is 9.99. The molecule has 0 fully saturated rings. The van der Waals surface area contributed by atoms with Gasteiger partial charge in [-0.25, -0.2) is 4.18 Å². The van der Waals surface area contributed by atoms with Gasteiger partial charge < -0.3 is 0 Å². The number of hydrogen-bond donors (Lipinski definition) is 0. The lowest BCUT2D eigenvalue weighted by Crippen LogP contribution is -2.28. The minimum atomic E-state index is -3.85. The van der Waals surface area contributed by atoms with Gasteiger partial charge >= 0.3 is 10.4 Å². The molecule has 0 rings (SSSR count). The van der Waals surface area contributed by atoms with Gasteiger partial charge in [0.1, 0.15) is 0 Å². The molecule has 28 heavy (non-hydrogen) atoms. The molecule has 4 nitrogen and oxygen atoms in total. The van der Waals surface area contributed by atoms with E-state index < -0.39 is 16.0 Å². The van der Waals surface area contributed by atoms with E-state index in [1.165, 1.54) is 96.3 Å². The molecule has 0 amide bonds. The maximum absolute atomic E-state index is 11.4. The van der Waals surface area contributed by atoms with Crippen LogP contribution in [0.25, 0.3) is 0 Å². The number of unbranched alkanes of at least 4 members (excludes halogenated alkanes) is 16. The average molecular weight is 421 g/mol. The SMILES string of the molecule is CCCCCCCCCCCCCCCCCCCC(C)(C)OS(=O)(=O)OC. The first-order valence-corrected chi connectivity index (χ1v) is 13.2. The molecule has 0 aliphatic heterocycles. The monoisotopic (exact) mass is 420 g/mol. The minimum Gasteiger partial charge on any atom is -0.252 e. The van der Waals surface area contributed by atoms with Crippen molar-refractivity contribution in [3.05, 3.63) is 0 Å². The molecule has 170 valence electrons. The fraction of sp³-hybridized carbons (Fsp3) is 1.00. The van der Waals surface area contributed by atoms with Crippen LogP contribution in [0, 0.1) is 0 Å². The maximum atomic E-state index is 11.4. The van der Waals surface area contributed by atoms with Crippen LogP contribution < -0.4 is 0 Å². The topological polar surface area (TPSA) is 52.6 Å². The van der Waals surface area contributed by atoms with E-state index in [1.54, 1.807) is 13.8 Å². The second-order valence-electron chi connectivity index (χ2n) is 8.82. The van der Waals surface area contributed by atoms with Crippen molar-refractivity contribution in [3.8, 4) is 0 Å². The standard InChI is InChI=1S/C23H48O4S/c1-5-6-7-8-9-10-11-12-13-14-15-16-17-18-19-20-21-22-23(2,3)27-28(24,25)26-4/h5-22H2,1-4H3. The van der Waals surface area contributed by atoms with Crippen molar-refractivity contribution >= 4 is 10.4 Å². The zero-order valence-corrected chi connectivity index (χ0v) is 20.1.